The van der Waals surface area contributed by atoms with Crippen LogP contribution in [0.3, 0.4) is 0 Å². The molecule has 0 aliphatic heterocycles. The lowest BCUT2D eigenvalue weighted by Gasteiger charge is -2.18. The van der Waals surface area contributed by atoms with Gasteiger partial charge in [-0.2, -0.15) is 0 Å². The molecule has 0 spiro atoms. The highest BCUT2D eigenvalue weighted by Crippen LogP contribution is 2.14. The van der Waals surface area contributed by atoms with E-state index in [0.717, 1.165) is 116 Å². The Morgan fingerprint density at radius 2 is 0.612 bits per heavy atom. The SMILES string of the molecule is CC/C=C\C/C=C\C/C=C\C/C=C\C/C=C\C/C=C\CCC(=O)O[C@H](COC(=O)CCCCCC/C=C\C/C=C\C/C=C\C/C=C\CC)COC(=O)CCCCCCCCCCCCCCC. The molecule has 0 saturated heterocycles. The summed E-state index contributed by atoms with van der Waals surface area (Å²) in [5, 5.41) is 0. The minimum Gasteiger partial charge on any atom is -0.462 e. The van der Waals surface area contributed by atoms with Crippen LogP contribution < -0.4 is 0 Å². The zero-order chi connectivity index (χ0) is 48.6. The largest absolute Gasteiger partial charge is 0.462 e. The summed E-state index contributed by atoms with van der Waals surface area (Å²) in [4.78, 5) is 38.0. The number of ether oxygens (including phenoxy) is 3. The van der Waals surface area contributed by atoms with E-state index in [4.69, 9.17) is 14.2 Å². The molecular formula is C61H98O6. The van der Waals surface area contributed by atoms with Gasteiger partial charge < -0.3 is 14.2 Å². The van der Waals surface area contributed by atoms with Crippen LogP contribution in [0.25, 0.3) is 0 Å². The average molecular weight is 927 g/mol. The van der Waals surface area contributed by atoms with Gasteiger partial charge in [-0.15, -0.1) is 0 Å². The van der Waals surface area contributed by atoms with Gasteiger partial charge in [0.15, 0.2) is 6.10 Å². The molecule has 0 aromatic heterocycles. The van der Waals surface area contributed by atoms with E-state index in [1.807, 2.05) is 12.2 Å². The summed E-state index contributed by atoms with van der Waals surface area (Å²) in [6, 6.07) is 0. The lowest BCUT2D eigenvalue weighted by atomic mass is 10.0. The molecule has 378 valence electrons. The van der Waals surface area contributed by atoms with E-state index < -0.39 is 12.1 Å². The fourth-order valence-electron chi connectivity index (χ4n) is 6.99. The summed E-state index contributed by atoms with van der Waals surface area (Å²) in [6.45, 7) is 6.32. The number of hydrogen-bond acceptors (Lipinski definition) is 6. The second-order valence-corrected chi connectivity index (χ2v) is 17.4. The maximum atomic E-state index is 12.8. The van der Waals surface area contributed by atoms with Crippen LogP contribution in [0.15, 0.2) is 122 Å². The van der Waals surface area contributed by atoms with Gasteiger partial charge in [-0.3, -0.25) is 14.4 Å². The molecule has 0 aliphatic rings. The Balaban J connectivity index is 4.56. The van der Waals surface area contributed by atoms with E-state index in [1.165, 1.54) is 64.2 Å². The molecular weight excluding hydrogens is 829 g/mol. The van der Waals surface area contributed by atoms with Crippen molar-refractivity contribution in [1.82, 2.24) is 0 Å². The number of carbonyl (C=O) groups excluding carboxylic acids is 3. The van der Waals surface area contributed by atoms with E-state index in [0.29, 0.717) is 19.3 Å². The Bertz CT molecular complexity index is 1440. The summed E-state index contributed by atoms with van der Waals surface area (Å²) < 4.78 is 16.7. The zero-order valence-corrected chi connectivity index (χ0v) is 43.1. The highest BCUT2D eigenvalue weighted by molar-refractivity contribution is 5.71. The molecule has 0 aromatic rings. The number of hydrogen-bond donors (Lipinski definition) is 0. The molecule has 0 aliphatic carbocycles. The Morgan fingerprint density at radius 1 is 0.313 bits per heavy atom. The Hall–Kier alpha value is -4.19. The van der Waals surface area contributed by atoms with E-state index in [1.54, 1.807) is 0 Å². The van der Waals surface area contributed by atoms with E-state index in [-0.39, 0.29) is 31.6 Å². The van der Waals surface area contributed by atoms with Crippen molar-refractivity contribution in [1.29, 1.82) is 0 Å². The van der Waals surface area contributed by atoms with E-state index >= 15 is 0 Å². The fourth-order valence-corrected chi connectivity index (χ4v) is 6.99. The van der Waals surface area contributed by atoms with Crippen molar-refractivity contribution in [2.75, 3.05) is 13.2 Å². The third kappa shape index (κ3) is 52.6. The number of esters is 3. The first kappa shape index (κ1) is 62.8. The lowest BCUT2D eigenvalue weighted by Crippen LogP contribution is -2.30. The van der Waals surface area contributed by atoms with Crippen molar-refractivity contribution in [2.24, 2.45) is 0 Å². The van der Waals surface area contributed by atoms with E-state index in [2.05, 4.69) is 130 Å². The molecule has 0 rings (SSSR count). The third-order valence-electron chi connectivity index (χ3n) is 11.0. The Labute approximate surface area is 412 Å². The molecule has 0 amide bonds. The minimum absolute atomic E-state index is 0.118. The van der Waals surface area contributed by atoms with Crippen molar-refractivity contribution in [3.8, 4) is 0 Å². The van der Waals surface area contributed by atoms with Crippen LogP contribution in [0.2, 0.25) is 0 Å². The molecule has 0 saturated carbocycles. The molecule has 0 radical (unpaired) electrons. The minimum atomic E-state index is -0.830. The topological polar surface area (TPSA) is 78.9 Å². The van der Waals surface area contributed by atoms with Gasteiger partial charge in [0.2, 0.25) is 0 Å². The molecule has 0 N–H and O–H groups in total. The molecule has 0 heterocycles. The predicted octanol–water partition coefficient (Wildman–Crippen LogP) is 18.1. The van der Waals surface area contributed by atoms with Gasteiger partial charge in [0.05, 0.1) is 0 Å². The average Bonchev–Trinajstić information content (AvgIpc) is 3.33. The van der Waals surface area contributed by atoms with Gasteiger partial charge in [-0.25, -0.2) is 0 Å². The summed E-state index contributed by atoms with van der Waals surface area (Å²) >= 11 is 0. The zero-order valence-electron chi connectivity index (χ0n) is 43.1. The summed E-state index contributed by atoms with van der Waals surface area (Å²) in [7, 11) is 0. The third-order valence-corrected chi connectivity index (χ3v) is 11.0. The van der Waals surface area contributed by atoms with Gasteiger partial charge in [-0.1, -0.05) is 232 Å². The van der Waals surface area contributed by atoms with Crippen LogP contribution in [0.1, 0.15) is 226 Å². The van der Waals surface area contributed by atoms with E-state index in [9.17, 15) is 14.4 Å². The standard InChI is InChI=1S/C61H98O6/c1-4-7-10-13-16-19-22-25-27-29-30-32-34-37-40-43-46-49-52-55-61(64)67-58(56-65-59(62)53-50-47-44-41-38-35-24-21-18-15-12-9-6-3)57-66-60(63)54-51-48-45-42-39-36-33-31-28-26-23-20-17-14-11-8-5-2/h7-8,10-11,16-17,19-20,25-28,30,32-33,36-37,40,46,49,58H,4-6,9,12-15,18,21-24,29,31,34-35,38-39,41-45,47-48,50-57H2,1-3H3/b10-7-,11-8-,19-16-,20-17-,27-25-,28-26-,32-30-,36-33-,40-37-,49-46-/t58-/m0/s1. The monoisotopic (exact) mass is 927 g/mol. The predicted molar refractivity (Wildman–Crippen MR) is 288 cm³/mol. The smallest absolute Gasteiger partial charge is 0.306 e. The summed E-state index contributed by atoms with van der Waals surface area (Å²) in [5.41, 5.74) is 0. The maximum absolute atomic E-state index is 12.8. The van der Waals surface area contributed by atoms with Crippen molar-refractivity contribution in [2.45, 2.75) is 232 Å². The number of allylic oxidation sites excluding steroid dienone is 20. The molecule has 6 nitrogen and oxygen atoms in total. The normalized spacial score (nSPS) is 13.1. The van der Waals surface area contributed by atoms with Crippen molar-refractivity contribution in [3.63, 3.8) is 0 Å². The van der Waals surface area contributed by atoms with Crippen LogP contribution in [-0.4, -0.2) is 37.2 Å². The maximum Gasteiger partial charge on any atom is 0.306 e. The van der Waals surface area contributed by atoms with Crippen LogP contribution in [0.4, 0.5) is 0 Å². The number of carbonyl (C=O) groups is 3. The van der Waals surface area contributed by atoms with Gasteiger partial charge in [0, 0.05) is 19.3 Å². The molecule has 0 bridgehead atoms. The second kappa shape index (κ2) is 54.4. The Morgan fingerprint density at radius 3 is 0.970 bits per heavy atom. The molecule has 0 fully saturated rings. The molecule has 1 atom stereocenters. The van der Waals surface area contributed by atoms with Gasteiger partial charge >= 0.3 is 17.9 Å². The lowest BCUT2D eigenvalue weighted by molar-refractivity contribution is -0.166. The quantitative estimate of drug-likeness (QED) is 0.0262. The van der Waals surface area contributed by atoms with Crippen molar-refractivity contribution in [3.05, 3.63) is 122 Å². The van der Waals surface area contributed by atoms with Gasteiger partial charge in [0.1, 0.15) is 13.2 Å². The van der Waals surface area contributed by atoms with Crippen molar-refractivity contribution >= 4 is 17.9 Å². The summed E-state index contributed by atoms with van der Waals surface area (Å²) in [5.74, 6) is -1.03. The fraction of sp³-hybridized carbons (Fsp3) is 0.623. The van der Waals surface area contributed by atoms with Gasteiger partial charge in [-0.05, 0) is 96.3 Å². The molecule has 0 unspecified atom stereocenters. The molecule has 67 heavy (non-hydrogen) atoms. The highest BCUT2D eigenvalue weighted by atomic mass is 16.6. The number of unbranched alkanes of at least 4 members (excludes halogenated alkanes) is 16. The van der Waals surface area contributed by atoms with Crippen LogP contribution in [0, 0.1) is 0 Å². The van der Waals surface area contributed by atoms with Crippen molar-refractivity contribution < 1.29 is 28.6 Å². The summed E-state index contributed by atoms with van der Waals surface area (Å²) in [6.07, 6.45) is 74.8. The first-order chi connectivity index (χ1) is 33.0. The van der Waals surface area contributed by atoms with Crippen LogP contribution >= 0.6 is 0 Å². The van der Waals surface area contributed by atoms with Gasteiger partial charge in [0.25, 0.3) is 0 Å². The molecule has 0 aromatic carbocycles. The first-order valence-electron chi connectivity index (χ1n) is 27.0. The molecule has 6 heteroatoms. The first-order valence-corrected chi connectivity index (χ1v) is 27.0. The van der Waals surface area contributed by atoms with Crippen LogP contribution in [0.5, 0.6) is 0 Å². The van der Waals surface area contributed by atoms with Crippen LogP contribution in [-0.2, 0) is 28.6 Å². The Kier molecular flexibility index (Phi) is 51.0. The number of rotatable bonds is 47. The highest BCUT2D eigenvalue weighted by Gasteiger charge is 2.19. The second-order valence-electron chi connectivity index (χ2n) is 17.4.